The maximum absolute atomic E-state index is 13.5. The zero-order chi connectivity index (χ0) is 24.9. The van der Waals surface area contributed by atoms with Crippen LogP contribution in [0.2, 0.25) is 0 Å². The average Bonchev–Trinajstić information content (AvgIpc) is 3.10. The SMILES string of the molecule is O=C1CCC(c2ccccc2)(N2CCC(O)(c3cc(C(F)(F)F)cc(C(F)(F)F)c3)C2=O)CC1. The summed E-state index contributed by atoms with van der Waals surface area (Å²) in [5, 5.41) is 11.2. The highest BCUT2D eigenvalue weighted by Crippen LogP contribution is 2.48. The van der Waals surface area contributed by atoms with E-state index in [1.807, 2.05) is 0 Å². The lowest BCUT2D eigenvalue weighted by Crippen LogP contribution is -2.52. The normalized spacial score (nSPS) is 23.4. The standard InChI is InChI=1S/C24H21F6NO3/c25-23(26,27)17-12-16(13-18(14-17)24(28,29)30)22(34)10-11-31(20(22)33)21(8-6-19(32)7-9-21)15-4-2-1-3-5-15/h1-5,12-14,34H,6-11H2. The van der Waals surface area contributed by atoms with Gasteiger partial charge in [-0.1, -0.05) is 30.3 Å². The Hall–Kier alpha value is -2.88. The van der Waals surface area contributed by atoms with Crippen LogP contribution < -0.4 is 0 Å². The van der Waals surface area contributed by atoms with Crippen LogP contribution in [-0.2, 0) is 33.1 Å². The van der Waals surface area contributed by atoms with Gasteiger partial charge < -0.3 is 10.0 Å². The number of halogens is 6. The molecule has 4 nitrogen and oxygen atoms in total. The van der Waals surface area contributed by atoms with Crippen molar-refractivity contribution in [1.82, 2.24) is 4.90 Å². The molecule has 1 N–H and O–H groups in total. The fourth-order valence-electron chi connectivity index (χ4n) is 4.98. The molecule has 34 heavy (non-hydrogen) atoms. The predicted molar refractivity (Wildman–Crippen MR) is 108 cm³/mol. The first-order valence-corrected chi connectivity index (χ1v) is 10.7. The molecule has 1 unspecified atom stereocenters. The highest BCUT2D eigenvalue weighted by atomic mass is 19.4. The molecule has 2 aromatic carbocycles. The van der Waals surface area contributed by atoms with E-state index in [-0.39, 0.29) is 50.5 Å². The number of carbonyl (C=O) groups excluding carboxylic acids is 2. The number of hydrogen-bond acceptors (Lipinski definition) is 3. The van der Waals surface area contributed by atoms with Crippen LogP contribution in [0.4, 0.5) is 26.3 Å². The van der Waals surface area contributed by atoms with Crippen molar-refractivity contribution in [2.45, 2.75) is 55.6 Å². The number of ketones is 1. The second-order valence-electron chi connectivity index (χ2n) is 8.80. The van der Waals surface area contributed by atoms with Crippen molar-refractivity contribution < 1.29 is 41.0 Å². The molecular formula is C24H21F6NO3. The lowest BCUT2D eigenvalue weighted by atomic mass is 9.74. The van der Waals surface area contributed by atoms with E-state index < -0.39 is 46.1 Å². The molecule has 1 saturated carbocycles. The maximum atomic E-state index is 13.5. The molecule has 2 fully saturated rings. The van der Waals surface area contributed by atoms with E-state index in [0.29, 0.717) is 17.7 Å². The molecule has 4 rings (SSSR count). The van der Waals surface area contributed by atoms with E-state index in [1.165, 1.54) is 4.90 Å². The van der Waals surface area contributed by atoms with E-state index in [0.717, 1.165) is 0 Å². The summed E-state index contributed by atoms with van der Waals surface area (Å²) in [5.74, 6) is -0.973. The van der Waals surface area contributed by atoms with Crippen LogP contribution in [0.5, 0.6) is 0 Å². The minimum atomic E-state index is -5.11. The van der Waals surface area contributed by atoms with E-state index in [1.54, 1.807) is 30.3 Å². The van der Waals surface area contributed by atoms with Crippen LogP contribution >= 0.6 is 0 Å². The first kappa shape index (κ1) is 24.3. The van der Waals surface area contributed by atoms with Gasteiger partial charge in [-0.2, -0.15) is 26.3 Å². The van der Waals surface area contributed by atoms with E-state index in [4.69, 9.17) is 0 Å². The summed E-state index contributed by atoms with van der Waals surface area (Å²) < 4.78 is 80.1. The highest BCUT2D eigenvalue weighted by molar-refractivity contribution is 5.90. The minimum absolute atomic E-state index is 0.00108. The van der Waals surface area contributed by atoms with Gasteiger partial charge in [0, 0.05) is 25.8 Å². The van der Waals surface area contributed by atoms with Gasteiger partial charge >= 0.3 is 12.4 Å². The zero-order valence-corrected chi connectivity index (χ0v) is 17.8. The number of Topliss-reactive ketones (excluding diaryl/α,β-unsaturated/α-hetero) is 1. The number of nitrogens with zero attached hydrogens (tertiary/aromatic N) is 1. The molecule has 0 bridgehead atoms. The Morgan fingerprint density at radius 3 is 1.79 bits per heavy atom. The smallest absolute Gasteiger partial charge is 0.375 e. The van der Waals surface area contributed by atoms with Crippen molar-refractivity contribution in [3.8, 4) is 0 Å². The van der Waals surface area contributed by atoms with Crippen molar-refractivity contribution in [2.24, 2.45) is 0 Å². The summed E-state index contributed by atoms with van der Waals surface area (Å²) in [6, 6.07) is 9.51. The molecular weight excluding hydrogens is 464 g/mol. The average molecular weight is 485 g/mol. The van der Waals surface area contributed by atoms with E-state index >= 15 is 0 Å². The molecule has 10 heteroatoms. The van der Waals surface area contributed by atoms with Crippen molar-refractivity contribution in [2.75, 3.05) is 6.54 Å². The van der Waals surface area contributed by atoms with Gasteiger partial charge in [-0.25, -0.2) is 0 Å². The number of aliphatic hydroxyl groups is 1. The first-order chi connectivity index (χ1) is 15.8. The molecule has 0 spiro atoms. The Kier molecular flexibility index (Phi) is 5.78. The zero-order valence-electron chi connectivity index (χ0n) is 17.8. The Morgan fingerprint density at radius 2 is 1.29 bits per heavy atom. The van der Waals surface area contributed by atoms with Crippen LogP contribution in [0.15, 0.2) is 48.5 Å². The topological polar surface area (TPSA) is 57.6 Å². The van der Waals surface area contributed by atoms with Crippen molar-refractivity contribution in [1.29, 1.82) is 0 Å². The largest absolute Gasteiger partial charge is 0.416 e. The molecule has 2 aromatic rings. The van der Waals surface area contributed by atoms with E-state index in [9.17, 15) is 41.0 Å². The minimum Gasteiger partial charge on any atom is -0.375 e. The molecule has 0 aromatic heterocycles. The van der Waals surface area contributed by atoms with Gasteiger partial charge in [-0.15, -0.1) is 0 Å². The third kappa shape index (κ3) is 4.08. The lowest BCUT2D eigenvalue weighted by Gasteiger charge is -2.45. The number of hydrogen-bond donors (Lipinski definition) is 1. The Balaban J connectivity index is 1.80. The first-order valence-electron chi connectivity index (χ1n) is 10.7. The van der Waals surface area contributed by atoms with Gasteiger partial charge in [0.05, 0.1) is 16.7 Å². The molecule has 0 radical (unpaired) electrons. The van der Waals surface area contributed by atoms with E-state index in [2.05, 4.69) is 0 Å². The third-order valence-corrected chi connectivity index (χ3v) is 6.82. The maximum Gasteiger partial charge on any atom is 0.416 e. The summed E-state index contributed by atoms with van der Waals surface area (Å²) in [4.78, 5) is 26.8. The number of likely N-dealkylation sites (tertiary alicyclic amines) is 1. The van der Waals surface area contributed by atoms with Crippen molar-refractivity contribution >= 4 is 11.7 Å². The summed E-state index contributed by atoms with van der Waals surface area (Å²) in [6.07, 6.45) is -9.78. The number of rotatable bonds is 3. The second kappa shape index (κ2) is 8.11. The van der Waals surface area contributed by atoms with Crippen LogP contribution in [0.1, 0.15) is 54.4 Å². The summed E-state index contributed by atoms with van der Waals surface area (Å²) in [6.45, 7) is -0.0873. The monoisotopic (exact) mass is 485 g/mol. The Labute approximate surface area is 191 Å². The van der Waals surface area contributed by atoms with Crippen LogP contribution in [-0.4, -0.2) is 28.2 Å². The van der Waals surface area contributed by atoms with Gasteiger partial charge in [-0.05, 0) is 42.2 Å². The fourth-order valence-corrected chi connectivity index (χ4v) is 4.98. The van der Waals surface area contributed by atoms with Crippen LogP contribution in [0.25, 0.3) is 0 Å². The van der Waals surface area contributed by atoms with Gasteiger partial charge in [-0.3, -0.25) is 9.59 Å². The quantitative estimate of drug-likeness (QED) is 0.610. The summed E-state index contributed by atoms with van der Waals surface area (Å²) in [5.41, 5.74) is -6.82. The third-order valence-electron chi connectivity index (χ3n) is 6.82. The second-order valence-corrected chi connectivity index (χ2v) is 8.80. The van der Waals surface area contributed by atoms with Crippen LogP contribution in [0, 0.1) is 0 Å². The number of benzene rings is 2. The lowest BCUT2D eigenvalue weighted by molar-refractivity contribution is -0.153. The Bertz CT molecular complexity index is 1070. The Morgan fingerprint density at radius 1 is 0.765 bits per heavy atom. The van der Waals surface area contributed by atoms with Gasteiger partial charge in [0.25, 0.3) is 5.91 Å². The predicted octanol–water partition coefficient (Wildman–Crippen LogP) is 5.18. The molecule has 1 amide bonds. The molecule has 1 heterocycles. The molecule has 1 atom stereocenters. The van der Waals surface area contributed by atoms with Crippen molar-refractivity contribution in [3.63, 3.8) is 0 Å². The highest BCUT2D eigenvalue weighted by Gasteiger charge is 2.55. The number of alkyl halides is 6. The number of carbonyl (C=O) groups is 2. The van der Waals surface area contributed by atoms with Gasteiger partial charge in [0.1, 0.15) is 5.78 Å². The summed E-state index contributed by atoms with van der Waals surface area (Å²) >= 11 is 0. The van der Waals surface area contributed by atoms with Gasteiger partial charge in [0.2, 0.25) is 0 Å². The van der Waals surface area contributed by atoms with Crippen molar-refractivity contribution in [3.05, 3.63) is 70.8 Å². The molecule has 1 saturated heterocycles. The fraction of sp³-hybridized carbons (Fsp3) is 0.417. The molecule has 2 aliphatic rings. The summed E-state index contributed by atoms with van der Waals surface area (Å²) in [7, 11) is 0. The van der Waals surface area contributed by atoms with Gasteiger partial charge in [0.15, 0.2) is 5.60 Å². The molecule has 1 aliphatic heterocycles. The molecule has 182 valence electrons. The molecule has 1 aliphatic carbocycles. The van der Waals surface area contributed by atoms with Crippen LogP contribution in [0.3, 0.4) is 0 Å². The number of amides is 1.